The van der Waals surface area contributed by atoms with E-state index in [1.807, 2.05) is 7.11 Å². The quantitative estimate of drug-likeness (QED) is 0.213. The standard InChI is InChI=1S/C41H74N4O6/c1-24-32-18-29(41(32,6)7)19-33(24)43-39(49)36-35(25(2)47)34(23-46)51-45(36)21-28-15-12-16-31(37(28)50-10)26-13-11-14-27(17-26)38(48)42-30(22-44(8)9)20-40(3,4)5/h24-37,46-47H,11-23H2,1-10H3,(H,42,48)(H,43,49)/t24-,25+,26?,27?,28?,29-,30+,31?,32+,33+,34+,35+,36+,37?/m1/s1. The van der Waals surface area contributed by atoms with Crippen LogP contribution in [0.1, 0.15) is 113 Å². The average Bonchev–Trinajstić information content (AvgIpc) is 3.42. The second-order valence-corrected chi connectivity index (χ2v) is 19.7. The van der Waals surface area contributed by atoms with Crippen LogP contribution in [0.25, 0.3) is 0 Å². The van der Waals surface area contributed by atoms with Crippen molar-refractivity contribution in [3.8, 4) is 0 Å². The zero-order valence-electron chi connectivity index (χ0n) is 33.7. The molecule has 51 heavy (non-hydrogen) atoms. The highest BCUT2D eigenvalue weighted by Gasteiger charge is 2.58. The minimum atomic E-state index is -0.817. The van der Waals surface area contributed by atoms with Gasteiger partial charge in [-0.1, -0.05) is 60.8 Å². The number of fused-ring (bicyclic) bond motifs is 2. The molecule has 5 unspecified atom stereocenters. The highest BCUT2D eigenvalue weighted by Crippen LogP contribution is 2.61. The van der Waals surface area contributed by atoms with E-state index in [9.17, 15) is 19.8 Å². The van der Waals surface area contributed by atoms with Gasteiger partial charge in [0.1, 0.15) is 12.1 Å². The highest BCUT2D eigenvalue weighted by atomic mass is 16.7. The van der Waals surface area contributed by atoms with Crippen molar-refractivity contribution >= 4 is 11.8 Å². The molecular weight excluding hydrogens is 644 g/mol. The Bertz CT molecular complexity index is 1170. The van der Waals surface area contributed by atoms with Crippen molar-refractivity contribution in [3.63, 3.8) is 0 Å². The number of hydrogen-bond acceptors (Lipinski definition) is 8. The molecule has 6 rings (SSSR count). The van der Waals surface area contributed by atoms with Crippen LogP contribution >= 0.6 is 0 Å². The summed E-state index contributed by atoms with van der Waals surface area (Å²) >= 11 is 0. The van der Waals surface area contributed by atoms with Gasteiger partial charge in [0.05, 0.1) is 18.8 Å². The Morgan fingerprint density at radius 2 is 1.76 bits per heavy atom. The van der Waals surface area contributed by atoms with Crippen molar-refractivity contribution in [2.24, 2.45) is 58.2 Å². The number of aliphatic hydroxyl groups is 2. The Morgan fingerprint density at radius 1 is 1.06 bits per heavy atom. The van der Waals surface area contributed by atoms with Crippen LogP contribution < -0.4 is 10.6 Å². The van der Waals surface area contributed by atoms with E-state index in [0.29, 0.717) is 41.5 Å². The normalized spacial score (nSPS) is 39.6. The molecule has 2 amide bonds. The van der Waals surface area contributed by atoms with Crippen LogP contribution in [0.2, 0.25) is 0 Å². The zero-order valence-corrected chi connectivity index (χ0v) is 33.7. The van der Waals surface area contributed by atoms with Gasteiger partial charge in [0.25, 0.3) is 0 Å². The highest BCUT2D eigenvalue weighted by molar-refractivity contribution is 5.83. The van der Waals surface area contributed by atoms with Gasteiger partial charge in [0.2, 0.25) is 11.8 Å². The number of methoxy groups -OCH3 is 1. The molecule has 6 aliphatic rings. The maximum absolute atomic E-state index is 14.2. The smallest absolute Gasteiger partial charge is 0.240 e. The number of nitrogens with one attached hydrogen (secondary N) is 2. The summed E-state index contributed by atoms with van der Waals surface area (Å²) in [5.41, 5.74) is 0.450. The molecule has 1 heterocycles. The molecule has 14 atom stereocenters. The Kier molecular flexibility index (Phi) is 13.3. The van der Waals surface area contributed by atoms with Crippen LogP contribution in [0.15, 0.2) is 0 Å². The summed E-state index contributed by atoms with van der Waals surface area (Å²) in [5.74, 6) is 2.03. The van der Waals surface area contributed by atoms with Crippen molar-refractivity contribution in [2.45, 2.75) is 149 Å². The van der Waals surface area contributed by atoms with E-state index in [2.05, 4.69) is 71.2 Å². The van der Waals surface area contributed by atoms with Crippen molar-refractivity contribution in [1.29, 1.82) is 0 Å². The van der Waals surface area contributed by atoms with Crippen molar-refractivity contribution in [2.75, 3.05) is 40.9 Å². The maximum Gasteiger partial charge on any atom is 0.240 e. The van der Waals surface area contributed by atoms with Gasteiger partial charge < -0.3 is 30.5 Å². The van der Waals surface area contributed by atoms with Gasteiger partial charge in [-0.15, -0.1) is 0 Å². The first-order valence-corrected chi connectivity index (χ1v) is 20.5. The van der Waals surface area contributed by atoms with Gasteiger partial charge >= 0.3 is 0 Å². The molecule has 2 bridgehead atoms. The molecule has 1 aliphatic heterocycles. The molecule has 10 heteroatoms. The fourth-order valence-corrected chi connectivity index (χ4v) is 11.6. The van der Waals surface area contributed by atoms with Crippen LogP contribution in [0.3, 0.4) is 0 Å². The van der Waals surface area contributed by atoms with E-state index < -0.39 is 24.2 Å². The van der Waals surface area contributed by atoms with Gasteiger partial charge in [0.15, 0.2) is 0 Å². The molecule has 1 saturated heterocycles. The van der Waals surface area contributed by atoms with E-state index in [1.165, 1.54) is 6.42 Å². The average molecular weight is 719 g/mol. The van der Waals surface area contributed by atoms with E-state index in [4.69, 9.17) is 9.57 Å². The maximum atomic E-state index is 14.2. The second kappa shape index (κ2) is 16.6. The predicted molar refractivity (Wildman–Crippen MR) is 200 cm³/mol. The minimum Gasteiger partial charge on any atom is -0.394 e. The molecule has 0 aromatic carbocycles. The molecule has 0 aromatic heterocycles. The van der Waals surface area contributed by atoms with E-state index in [0.717, 1.165) is 64.3 Å². The lowest BCUT2D eigenvalue weighted by molar-refractivity contribution is -0.193. The molecule has 5 aliphatic carbocycles. The summed E-state index contributed by atoms with van der Waals surface area (Å²) in [6.45, 7) is 16.5. The van der Waals surface area contributed by atoms with E-state index in [-0.39, 0.29) is 53.9 Å². The number of likely N-dealkylation sites (N-methyl/N-ethyl adjacent to an activating group) is 1. The third-order valence-electron chi connectivity index (χ3n) is 14.2. The number of aliphatic hydroxyl groups excluding tert-OH is 2. The van der Waals surface area contributed by atoms with Gasteiger partial charge in [-0.2, -0.15) is 5.06 Å². The van der Waals surface area contributed by atoms with Crippen LogP contribution in [0, 0.1) is 58.2 Å². The molecule has 0 spiro atoms. The summed E-state index contributed by atoms with van der Waals surface area (Å²) < 4.78 is 6.35. The minimum absolute atomic E-state index is 0.0113. The Hall–Kier alpha value is -1.30. The van der Waals surface area contributed by atoms with Crippen LogP contribution in [-0.4, -0.2) is 109 Å². The largest absolute Gasteiger partial charge is 0.394 e. The first-order chi connectivity index (χ1) is 23.9. The number of rotatable bonds is 13. The summed E-state index contributed by atoms with van der Waals surface area (Å²) in [6, 6.07) is -0.464. The lowest BCUT2D eigenvalue weighted by Crippen LogP contribution is -2.62. The molecule has 4 N–H and O–H groups in total. The molecule has 0 aromatic rings. The Morgan fingerprint density at radius 3 is 2.35 bits per heavy atom. The third-order valence-corrected chi connectivity index (χ3v) is 14.2. The molecular formula is C41H74N4O6. The summed E-state index contributed by atoms with van der Waals surface area (Å²) in [6.07, 6.45) is 8.72. The molecule has 5 saturated carbocycles. The topological polar surface area (TPSA) is 124 Å². The lowest BCUT2D eigenvalue weighted by Gasteiger charge is -2.62. The number of carbonyl (C=O) groups excluding carboxylic acids is 2. The first kappa shape index (κ1) is 40.9. The zero-order chi connectivity index (χ0) is 37.4. The summed E-state index contributed by atoms with van der Waals surface area (Å²) in [7, 11) is 5.95. The van der Waals surface area contributed by atoms with Gasteiger partial charge in [-0.3, -0.25) is 14.4 Å². The van der Waals surface area contributed by atoms with Crippen LogP contribution in [-0.2, 0) is 19.2 Å². The van der Waals surface area contributed by atoms with Crippen LogP contribution in [0.5, 0.6) is 0 Å². The van der Waals surface area contributed by atoms with Crippen molar-refractivity contribution < 1.29 is 29.4 Å². The van der Waals surface area contributed by atoms with E-state index in [1.54, 1.807) is 12.0 Å². The Balaban J connectivity index is 1.26. The first-order valence-electron chi connectivity index (χ1n) is 20.5. The van der Waals surface area contributed by atoms with Crippen molar-refractivity contribution in [3.05, 3.63) is 0 Å². The molecule has 294 valence electrons. The van der Waals surface area contributed by atoms with E-state index >= 15 is 0 Å². The monoisotopic (exact) mass is 719 g/mol. The fourth-order valence-electron chi connectivity index (χ4n) is 11.6. The number of amides is 2. The van der Waals surface area contributed by atoms with Gasteiger partial charge in [-0.25, -0.2) is 0 Å². The predicted octanol–water partition coefficient (Wildman–Crippen LogP) is 4.87. The molecule has 10 nitrogen and oxygen atoms in total. The lowest BCUT2D eigenvalue weighted by atomic mass is 9.45. The molecule has 0 radical (unpaired) electrons. The van der Waals surface area contributed by atoms with Gasteiger partial charge in [0, 0.05) is 50.0 Å². The number of ether oxygens (including phenoxy) is 1. The Labute approximate surface area is 309 Å². The molecule has 6 fully saturated rings. The summed E-state index contributed by atoms with van der Waals surface area (Å²) in [5, 5.41) is 30.0. The SMILES string of the molecule is COC1C(CN2O[C@@H](CO)[C@H]([C@H](C)O)[C@H]2C(=O)N[C@H]2C[C@H]3C[C@@H]([C@H]2C)C3(C)C)CCCC1C1CCCC(C(=O)N[C@H](CN(C)C)CC(C)(C)C)C1. The van der Waals surface area contributed by atoms with Crippen LogP contribution in [0.4, 0.5) is 0 Å². The third kappa shape index (κ3) is 9.16. The number of hydroxylamine groups is 2. The summed E-state index contributed by atoms with van der Waals surface area (Å²) in [4.78, 5) is 36.5. The van der Waals surface area contributed by atoms with Crippen molar-refractivity contribution in [1.82, 2.24) is 20.6 Å². The fraction of sp³-hybridized carbons (Fsp3) is 0.951. The number of hydrogen-bond donors (Lipinski definition) is 4. The second-order valence-electron chi connectivity index (χ2n) is 19.7. The van der Waals surface area contributed by atoms with Gasteiger partial charge in [-0.05, 0) is 106 Å². The number of nitrogens with zero attached hydrogens (tertiary/aromatic N) is 2. The number of carbonyl (C=O) groups is 2.